The molecule has 5 heteroatoms. The first-order chi connectivity index (χ1) is 12.9. The first-order valence-corrected chi connectivity index (χ1v) is 8.77. The molecule has 0 spiro atoms. The summed E-state index contributed by atoms with van der Waals surface area (Å²) in [5.74, 6) is 0. The van der Waals surface area contributed by atoms with Crippen molar-refractivity contribution in [1.82, 2.24) is 9.88 Å². The SMILES string of the molecule is CC(C)(C)OC(=O)NC1=CC=CC=C2C=C2N=Cc2cccn2C=CC=C1. The van der Waals surface area contributed by atoms with Gasteiger partial charge in [0.25, 0.3) is 0 Å². The van der Waals surface area contributed by atoms with Crippen molar-refractivity contribution in [2.45, 2.75) is 26.4 Å². The van der Waals surface area contributed by atoms with Gasteiger partial charge in [0.05, 0.1) is 17.6 Å². The lowest BCUT2D eigenvalue weighted by molar-refractivity contribution is 0.0548. The second-order valence-corrected chi connectivity index (χ2v) is 7.08. The number of hydrogen-bond donors (Lipinski definition) is 1. The fourth-order valence-electron chi connectivity index (χ4n) is 2.32. The molecule has 2 aliphatic rings. The molecule has 0 aromatic carbocycles. The largest absolute Gasteiger partial charge is 0.444 e. The van der Waals surface area contributed by atoms with Crippen LogP contribution in [0.1, 0.15) is 26.5 Å². The lowest BCUT2D eigenvalue weighted by Gasteiger charge is -2.19. The number of ether oxygens (including phenoxy) is 1. The molecule has 3 rings (SSSR count). The van der Waals surface area contributed by atoms with Crippen LogP contribution in [0.2, 0.25) is 0 Å². The van der Waals surface area contributed by atoms with Gasteiger partial charge in [-0.05, 0) is 57.2 Å². The van der Waals surface area contributed by atoms with E-state index in [0.29, 0.717) is 5.70 Å². The van der Waals surface area contributed by atoms with Crippen molar-refractivity contribution >= 4 is 18.5 Å². The second kappa shape index (κ2) is 7.91. The van der Waals surface area contributed by atoms with Gasteiger partial charge in [0.2, 0.25) is 0 Å². The number of amides is 1. The van der Waals surface area contributed by atoms with Crippen LogP contribution in [0.3, 0.4) is 0 Å². The molecule has 0 unspecified atom stereocenters. The number of nitrogens with one attached hydrogen (secondary N) is 1. The Morgan fingerprint density at radius 3 is 2.78 bits per heavy atom. The number of carbonyl (C=O) groups excluding carboxylic acids is 1. The standard InChI is InChI=1S/C22H23N3O2/c1-22(2,3)27-21(26)24-18-10-5-4-9-17-15-20(17)23-16-19-12-8-14-25(19)13-7-6-11-18/h4-16H,1-3H3,(H,24,26). The Bertz CT molecular complexity index is 929. The van der Waals surface area contributed by atoms with Crippen LogP contribution in [-0.2, 0) is 4.74 Å². The van der Waals surface area contributed by atoms with E-state index in [1.54, 1.807) is 0 Å². The van der Waals surface area contributed by atoms with Gasteiger partial charge in [0.1, 0.15) is 5.60 Å². The number of hydrogen-bond acceptors (Lipinski definition) is 3. The first kappa shape index (κ1) is 18.5. The molecule has 0 saturated carbocycles. The average molecular weight is 361 g/mol. The smallest absolute Gasteiger partial charge is 0.412 e. The number of rotatable bonds is 1. The molecule has 1 aromatic heterocycles. The van der Waals surface area contributed by atoms with Crippen LogP contribution >= 0.6 is 0 Å². The van der Waals surface area contributed by atoms with Gasteiger partial charge in [-0.15, -0.1) is 0 Å². The summed E-state index contributed by atoms with van der Waals surface area (Å²) in [6.45, 7) is 5.50. The Labute approximate surface area is 159 Å². The maximum atomic E-state index is 12.0. The fraction of sp³-hybridized carbons (Fsp3) is 0.182. The molecule has 0 fully saturated rings. The van der Waals surface area contributed by atoms with E-state index in [2.05, 4.69) is 10.3 Å². The van der Waals surface area contributed by atoms with Gasteiger partial charge in [-0.1, -0.05) is 24.3 Å². The highest BCUT2D eigenvalue weighted by atomic mass is 16.6. The van der Waals surface area contributed by atoms with Gasteiger partial charge in [-0.2, -0.15) is 0 Å². The fourth-order valence-corrected chi connectivity index (χ4v) is 2.32. The highest BCUT2D eigenvalue weighted by molar-refractivity contribution is 5.81. The Morgan fingerprint density at radius 2 is 1.96 bits per heavy atom. The van der Waals surface area contributed by atoms with Crippen molar-refractivity contribution < 1.29 is 9.53 Å². The van der Waals surface area contributed by atoms with E-state index in [0.717, 1.165) is 17.0 Å². The van der Waals surface area contributed by atoms with Gasteiger partial charge < -0.3 is 9.30 Å². The summed E-state index contributed by atoms with van der Waals surface area (Å²) < 4.78 is 7.29. The van der Waals surface area contributed by atoms with E-state index in [1.165, 1.54) is 0 Å². The number of alkyl carbamates (subject to hydrolysis) is 1. The van der Waals surface area contributed by atoms with Gasteiger partial charge in [-0.25, -0.2) is 4.79 Å². The quantitative estimate of drug-likeness (QED) is 0.786. The summed E-state index contributed by atoms with van der Waals surface area (Å²) in [6, 6.07) is 3.96. The summed E-state index contributed by atoms with van der Waals surface area (Å²) in [6.07, 6.45) is 20.4. The lowest BCUT2D eigenvalue weighted by Crippen LogP contribution is -2.31. The summed E-state index contributed by atoms with van der Waals surface area (Å²) in [7, 11) is 0. The van der Waals surface area contributed by atoms with Crippen LogP contribution in [0.4, 0.5) is 4.79 Å². The topological polar surface area (TPSA) is 55.6 Å². The van der Waals surface area contributed by atoms with Crippen LogP contribution in [0.25, 0.3) is 6.20 Å². The molecule has 1 aliphatic carbocycles. The van der Waals surface area contributed by atoms with Crippen molar-refractivity contribution in [3.05, 3.63) is 89.6 Å². The number of nitrogens with zero attached hydrogens (tertiary/aromatic N) is 2. The molecule has 5 nitrogen and oxygen atoms in total. The Morgan fingerprint density at radius 1 is 1.15 bits per heavy atom. The molecule has 2 heterocycles. The number of allylic oxidation sites excluding steroid dienone is 9. The minimum atomic E-state index is -0.548. The third-order valence-electron chi connectivity index (χ3n) is 3.59. The molecule has 1 aromatic rings. The Hall–Kier alpha value is -3.34. The second-order valence-electron chi connectivity index (χ2n) is 7.08. The monoisotopic (exact) mass is 361 g/mol. The predicted molar refractivity (Wildman–Crippen MR) is 109 cm³/mol. The van der Waals surface area contributed by atoms with Gasteiger partial charge in [-0.3, -0.25) is 10.3 Å². The molecule has 1 N–H and O–H groups in total. The Balaban J connectivity index is 1.81. The molecular weight excluding hydrogens is 338 g/mol. The number of carbonyl (C=O) groups is 1. The zero-order valence-electron chi connectivity index (χ0n) is 15.7. The third-order valence-corrected chi connectivity index (χ3v) is 3.59. The van der Waals surface area contributed by atoms with Crippen molar-refractivity contribution in [2.75, 3.05) is 0 Å². The van der Waals surface area contributed by atoms with Gasteiger partial charge >= 0.3 is 6.09 Å². The minimum Gasteiger partial charge on any atom is -0.444 e. The molecule has 138 valence electrons. The zero-order chi connectivity index (χ0) is 19.3. The van der Waals surface area contributed by atoms with E-state index in [-0.39, 0.29) is 0 Å². The van der Waals surface area contributed by atoms with Crippen LogP contribution < -0.4 is 5.32 Å². The summed E-state index contributed by atoms with van der Waals surface area (Å²) in [4.78, 5) is 16.5. The summed E-state index contributed by atoms with van der Waals surface area (Å²) in [5.41, 5.74) is 3.14. The molecule has 0 radical (unpaired) electrons. The molecule has 0 bridgehead atoms. The molecule has 1 aliphatic heterocycles. The highest BCUT2D eigenvalue weighted by Crippen LogP contribution is 2.28. The molecule has 0 saturated heterocycles. The van der Waals surface area contributed by atoms with Crippen molar-refractivity contribution in [3.63, 3.8) is 0 Å². The summed E-state index contributed by atoms with van der Waals surface area (Å²) >= 11 is 0. The van der Waals surface area contributed by atoms with Crippen molar-refractivity contribution in [2.24, 2.45) is 4.99 Å². The molecular formula is C22H23N3O2. The van der Waals surface area contributed by atoms with E-state index in [9.17, 15) is 4.79 Å². The van der Waals surface area contributed by atoms with E-state index >= 15 is 0 Å². The normalized spacial score (nSPS) is 16.2. The van der Waals surface area contributed by atoms with Gasteiger partial charge in [0.15, 0.2) is 0 Å². The maximum absolute atomic E-state index is 12.0. The maximum Gasteiger partial charge on any atom is 0.412 e. The van der Waals surface area contributed by atoms with E-state index in [1.807, 2.05) is 105 Å². The minimum absolute atomic E-state index is 0.487. The number of aliphatic imine (C=N–C) groups is 1. The van der Waals surface area contributed by atoms with Gasteiger partial charge in [0, 0.05) is 23.7 Å². The lowest BCUT2D eigenvalue weighted by atomic mass is 10.2. The van der Waals surface area contributed by atoms with E-state index < -0.39 is 11.7 Å². The molecule has 27 heavy (non-hydrogen) atoms. The zero-order valence-corrected chi connectivity index (χ0v) is 15.7. The van der Waals surface area contributed by atoms with Crippen LogP contribution in [0, 0.1) is 0 Å². The first-order valence-electron chi connectivity index (χ1n) is 8.77. The van der Waals surface area contributed by atoms with Crippen LogP contribution in [0.5, 0.6) is 0 Å². The molecule has 0 atom stereocenters. The van der Waals surface area contributed by atoms with Crippen molar-refractivity contribution in [1.29, 1.82) is 0 Å². The average Bonchev–Trinajstić information content (AvgIpc) is 3.17. The Kier molecular flexibility index (Phi) is 5.41. The van der Waals surface area contributed by atoms with Crippen molar-refractivity contribution in [3.8, 4) is 0 Å². The molecule has 1 amide bonds. The summed E-state index contributed by atoms with van der Waals surface area (Å²) in [5, 5.41) is 2.77. The van der Waals surface area contributed by atoms with Crippen LogP contribution in [-0.4, -0.2) is 22.5 Å². The predicted octanol–water partition coefficient (Wildman–Crippen LogP) is 4.74. The van der Waals surface area contributed by atoms with Crippen LogP contribution in [0.15, 0.2) is 88.9 Å². The third kappa shape index (κ3) is 5.85. The highest BCUT2D eigenvalue weighted by Gasteiger charge is 2.16. The number of aromatic nitrogens is 1. The number of fused-ring (bicyclic) bond motifs is 2. The van der Waals surface area contributed by atoms with E-state index in [4.69, 9.17) is 4.74 Å².